The minimum Gasteiger partial charge on any atom is -0.364 e. The summed E-state index contributed by atoms with van der Waals surface area (Å²) in [6.07, 6.45) is 5.55. The van der Waals surface area contributed by atoms with Crippen molar-refractivity contribution in [2.75, 3.05) is 55.8 Å². The zero-order chi connectivity index (χ0) is 35.4. The third kappa shape index (κ3) is 5.81. The van der Waals surface area contributed by atoms with E-state index >= 15 is 0 Å². The van der Waals surface area contributed by atoms with E-state index in [1.54, 1.807) is 34.1 Å². The molecule has 1 saturated carbocycles. The zero-order valence-electron chi connectivity index (χ0n) is 28.7. The normalized spacial score (nSPS) is 18.1. The van der Waals surface area contributed by atoms with Crippen molar-refractivity contribution in [2.24, 2.45) is 5.92 Å². The second-order valence-electron chi connectivity index (χ2n) is 13.6. The first-order valence-electron chi connectivity index (χ1n) is 17.4. The van der Waals surface area contributed by atoms with Gasteiger partial charge in [0.15, 0.2) is 11.5 Å². The molecule has 4 aromatic rings. The Labute approximate surface area is 294 Å². The molecule has 6 heterocycles. The number of carbonyl (C=O) groups excluding carboxylic acids is 4. The highest BCUT2D eigenvalue weighted by Crippen LogP contribution is 2.49. The Balaban J connectivity index is 1.03. The number of hydrogen-bond acceptors (Lipinski definition) is 10. The molecule has 4 aliphatic rings. The SMILES string of the molecule is CNC(=O)c1nnc(NC(=O)C2CC2)cc1Nc1cccc2c1N(C)C(C)c1c-2cnn1C1CN(C(=O)c2cccc(C(=O)N3CCCC3)n2)C1. The van der Waals surface area contributed by atoms with Gasteiger partial charge in [0, 0.05) is 63.4 Å². The Hall–Kier alpha value is -5.86. The minimum atomic E-state index is -0.410. The summed E-state index contributed by atoms with van der Waals surface area (Å²) in [6, 6.07) is 12.5. The van der Waals surface area contributed by atoms with Crippen LogP contribution in [0.5, 0.6) is 0 Å². The van der Waals surface area contributed by atoms with Gasteiger partial charge >= 0.3 is 0 Å². The van der Waals surface area contributed by atoms with Crippen LogP contribution in [-0.4, -0.2) is 98.7 Å². The number of nitrogens with one attached hydrogen (secondary N) is 3. The topological polar surface area (TPSA) is 171 Å². The standard InChI is InChI=1S/C36H39N11O4/c1-20-31-24(17-38-47(31)22-18-46(19-22)36(51)27-11-7-10-26(40-27)35(50)45-14-4-5-15-45)23-8-6-9-25(32(23)44(20)3)39-28-16-29(41-33(48)21-12-13-21)42-43-30(28)34(49)37-2/h6-11,16-17,20-22H,4-5,12-15,18-19H2,1-3H3,(H,37,49)(H2,39,41,42,48). The van der Waals surface area contributed by atoms with Crippen LogP contribution >= 0.6 is 0 Å². The molecule has 3 fully saturated rings. The first-order chi connectivity index (χ1) is 24.7. The summed E-state index contributed by atoms with van der Waals surface area (Å²) in [6.45, 7) is 4.50. The number of rotatable bonds is 8. The van der Waals surface area contributed by atoms with Crippen LogP contribution < -0.4 is 20.9 Å². The molecule has 8 rings (SSSR count). The van der Waals surface area contributed by atoms with Crippen LogP contribution in [-0.2, 0) is 4.79 Å². The molecule has 1 unspecified atom stereocenters. The second kappa shape index (κ2) is 12.8. The van der Waals surface area contributed by atoms with Crippen molar-refractivity contribution < 1.29 is 19.2 Å². The van der Waals surface area contributed by atoms with E-state index in [9.17, 15) is 19.2 Å². The van der Waals surface area contributed by atoms with E-state index in [1.165, 1.54) is 7.05 Å². The molecule has 0 bridgehead atoms. The quantitative estimate of drug-likeness (QED) is 0.248. The number of likely N-dealkylation sites (tertiary alicyclic amines) is 2. The number of benzene rings is 1. The molecule has 1 aromatic carbocycles. The maximum absolute atomic E-state index is 13.4. The van der Waals surface area contributed by atoms with Crippen LogP contribution in [0.25, 0.3) is 11.1 Å². The lowest BCUT2D eigenvalue weighted by Crippen LogP contribution is -2.52. The molecule has 0 spiro atoms. The van der Waals surface area contributed by atoms with Crippen molar-refractivity contribution in [2.45, 2.75) is 44.7 Å². The van der Waals surface area contributed by atoms with Crippen LogP contribution in [0.15, 0.2) is 48.7 Å². The number of anilines is 4. The van der Waals surface area contributed by atoms with Gasteiger partial charge in [-0.15, -0.1) is 10.2 Å². The maximum Gasteiger partial charge on any atom is 0.273 e. The molecule has 1 aliphatic carbocycles. The van der Waals surface area contributed by atoms with Gasteiger partial charge in [0.25, 0.3) is 17.7 Å². The number of para-hydroxylation sites is 1. The Bertz CT molecular complexity index is 2060. The molecule has 1 atom stereocenters. The van der Waals surface area contributed by atoms with Crippen LogP contribution in [0, 0.1) is 5.92 Å². The number of fused-ring (bicyclic) bond motifs is 3. The summed E-state index contributed by atoms with van der Waals surface area (Å²) in [5.41, 5.74) is 5.73. The van der Waals surface area contributed by atoms with E-state index < -0.39 is 5.91 Å². The Kier molecular flexibility index (Phi) is 8.11. The summed E-state index contributed by atoms with van der Waals surface area (Å²) >= 11 is 0. The molecule has 262 valence electrons. The van der Waals surface area contributed by atoms with E-state index in [1.807, 2.05) is 36.1 Å². The van der Waals surface area contributed by atoms with Gasteiger partial charge in [0.05, 0.1) is 41.0 Å². The monoisotopic (exact) mass is 689 g/mol. The number of carbonyl (C=O) groups is 4. The van der Waals surface area contributed by atoms with Crippen LogP contribution in [0.1, 0.15) is 81.9 Å². The number of amides is 4. The van der Waals surface area contributed by atoms with E-state index in [0.29, 0.717) is 24.5 Å². The first kappa shape index (κ1) is 32.4. The molecule has 15 nitrogen and oxygen atoms in total. The second-order valence-corrected chi connectivity index (χ2v) is 13.6. The number of pyridine rings is 1. The predicted octanol–water partition coefficient (Wildman–Crippen LogP) is 3.63. The molecule has 15 heteroatoms. The molecule has 3 aromatic heterocycles. The highest BCUT2D eigenvalue weighted by Gasteiger charge is 2.39. The Morgan fingerprint density at radius 2 is 1.57 bits per heavy atom. The van der Waals surface area contributed by atoms with Crippen molar-refractivity contribution >= 4 is 46.5 Å². The fraction of sp³-hybridized carbons (Fsp3) is 0.389. The summed E-state index contributed by atoms with van der Waals surface area (Å²) in [5.74, 6) is -0.590. The highest BCUT2D eigenvalue weighted by molar-refractivity contribution is 6.01. The number of nitrogens with zero attached hydrogens (tertiary/aromatic N) is 8. The predicted molar refractivity (Wildman–Crippen MR) is 189 cm³/mol. The van der Waals surface area contributed by atoms with E-state index in [4.69, 9.17) is 5.10 Å². The fourth-order valence-electron chi connectivity index (χ4n) is 7.15. The Morgan fingerprint density at radius 3 is 2.27 bits per heavy atom. The Morgan fingerprint density at radius 1 is 0.863 bits per heavy atom. The van der Waals surface area contributed by atoms with Crippen LogP contribution in [0.2, 0.25) is 0 Å². The average molecular weight is 690 g/mol. The molecular weight excluding hydrogens is 650 g/mol. The fourth-order valence-corrected chi connectivity index (χ4v) is 7.15. The van der Waals surface area contributed by atoms with Gasteiger partial charge in [-0.2, -0.15) is 5.10 Å². The van der Waals surface area contributed by atoms with Crippen LogP contribution in [0.4, 0.5) is 22.9 Å². The van der Waals surface area contributed by atoms with Gasteiger partial charge in [-0.1, -0.05) is 18.2 Å². The molecule has 0 radical (unpaired) electrons. The third-order valence-electron chi connectivity index (χ3n) is 10.3. The average Bonchev–Trinajstić information content (AvgIpc) is 3.66. The highest BCUT2D eigenvalue weighted by atomic mass is 16.2. The number of hydrogen-bond donors (Lipinski definition) is 3. The van der Waals surface area contributed by atoms with Crippen molar-refractivity contribution in [1.82, 2.24) is 40.1 Å². The van der Waals surface area contributed by atoms with E-state index in [0.717, 1.165) is 67.0 Å². The molecule has 4 amide bonds. The minimum absolute atomic E-state index is 0.0118. The summed E-state index contributed by atoms with van der Waals surface area (Å²) in [7, 11) is 3.54. The smallest absolute Gasteiger partial charge is 0.273 e. The van der Waals surface area contributed by atoms with Gasteiger partial charge in [-0.3, -0.25) is 23.9 Å². The lowest BCUT2D eigenvalue weighted by Gasteiger charge is -2.42. The molecule has 3 aliphatic heterocycles. The molecule has 3 N–H and O–H groups in total. The van der Waals surface area contributed by atoms with Gasteiger partial charge in [-0.25, -0.2) is 4.98 Å². The van der Waals surface area contributed by atoms with Crippen LogP contribution in [0.3, 0.4) is 0 Å². The lowest BCUT2D eigenvalue weighted by atomic mass is 9.93. The van der Waals surface area contributed by atoms with Crippen molar-refractivity contribution in [1.29, 1.82) is 0 Å². The third-order valence-corrected chi connectivity index (χ3v) is 10.3. The molecule has 51 heavy (non-hydrogen) atoms. The van der Waals surface area contributed by atoms with Crippen molar-refractivity contribution in [3.8, 4) is 11.1 Å². The van der Waals surface area contributed by atoms with Gasteiger partial charge < -0.3 is 30.7 Å². The van der Waals surface area contributed by atoms with Crippen molar-refractivity contribution in [3.05, 3.63) is 71.4 Å². The lowest BCUT2D eigenvalue weighted by molar-refractivity contribution is -0.117. The molecular formula is C36H39N11O4. The largest absolute Gasteiger partial charge is 0.364 e. The van der Waals surface area contributed by atoms with Gasteiger partial charge in [0.2, 0.25) is 5.91 Å². The maximum atomic E-state index is 13.4. The summed E-state index contributed by atoms with van der Waals surface area (Å²) in [5, 5.41) is 21.9. The van der Waals surface area contributed by atoms with Crippen molar-refractivity contribution in [3.63, 3.8) is 0 Å². The van der Waals surface area contributed by atoms with Gasteiger partial charge in [0.1, 0.15) is 11.4 Å². The van der Waals surface area contributed by atoms with Gasteiger partial charge in [-0.05, 0) is 50.8 Å². The number of aromatic nitrogens is 5. The summed E-state index contributed by atoms with van der Waals surface area (Å²) in [4.78, 5) is 61.7. The zero-order valence-corrected chi connectivity index (χ0v) is 28.7. The van der Waals surface area contributed by atoms with E-state index in [2.05, 4.69) is 43.0 Å². The molecule has 2 saturated heterocycles. The van der Waals surface area contributed by atoms with E-state index in [-0.39, 0.29) is 52.9 Å². The summed E-state index contributed by atoms with van der Waals surface area (Å²) < 4.78 is 2.02. The first-order valence-corrected chi connectivity index (χ1v) is 17.4.